The zero-order valence-electron chi connectivity index (χ0n) is 11.8. The van der Waals surface area contributed by atoms with Crippen molar-refractivity contribution in [2.24, 2.45) is 0 Å². The first kappa shape index (κ1) is 16.4. The average Bonchev–Trinajstić information content (AvgIpc) is 2.57. The van der Waals surface area contributed by atoms with Gasteiger partial charge < -0.3 is 10.2 Å². The van der Waals surface area contributed by atoms with Gasteiger partial charge in [-0.25, -0.2) is 0 Å². The van der Waals surface area contributed by atoms with Crippen LogP contribution in [0.1, 0.15) is 11.1 Å². The van der Waals surface area contributed by atoms with E-state index in [1.54, 1.807) is 23.5 Å². The first-order chi connectivity index (χ1) is 10.3. The van der Waals surface area contributed by atoms with Crippen molar-refractivity contribution >= 4 is 23.5 Å². The summed E-state index contributed by atoms with van der Waals surface area (Å²) < 4.78 is -0.298. The smallest absolute Gasteiger partial charge is 0.111 e. The molecule has 0 unspecified atom stereocenters. The Morgan fingerprint density at radius 3 is 1.38 bits per heavy atom. The van der Waals surface area contributed by atoms with Crippen molar-refractivity contribution in [2.45, 2.75) is 4.08 Å². The lowest BCUT2D eigenvalue weighted by molar-refractivity contribution is 0.322. The largest absolute Gasteiger partial charge is 0.396 e. The monoisotopic (exact) mass is 320 g/mol. The Balaban J connectivity index is 2.48. The third-order valence-corrected chi connectivity index (χ3v) is 6.34. The minimum absolute atomic E-state index is 0.145. The van der Waals surface area contributed by atoms with Gasteiger partial charge in [-0.1, -0.05) is 60.7 Å². The van der Waals surface area contributed by atoms with Crippen molar-refractivity contribution in [1.82, 2.24) is 0 Å². The molecule has 0 saturated heterocycles. The molecule has 0 atom stereocenters. The summed E-state index contributed by atoms with van der Waals surface area (Å²) in [7, 11) is 0. The van der Waals surface area contributed by atoms with Gasteiger partial charge >= 0.3 is 0 Å². The predicted molar refractivity (Wildman–Crippen MR) is 92.8 cm³/mol. The fourth-order valence-electron chi connectivity index (χ4n) is 2.24. The van der Waals surface area contributed by atoms with E-state index in [-0.39, 0.29) is 17.3 Å². The second-order valence-electron chi connectivity index (χ2n) is 4.49. The van der Waals surface area contributed by atoms with Crippen LogP contribution in [0.4, 0.5) is 0 Å². The normalized spacial score (nSPS) is 11.5. The van der Waals surface area contributed by atoms with Gasteiger partial charge in [0, 0.05) is 11.5 Å². The maximum Gasteiger partial charge on any atom is 0.111 e. The van der Waals surface area contributed by atoms with Gasteiger partial charge in [0.25, 0.3) is 0 Å². The van der Waals surface area contributed by atoms with Crippen LogP contribution in [0.25, 0.3) is 0 Å². The fourth-order valence-corrected chi connectivity index (χ4v) is 5.04. The summed E-state index contributed by atoms with van der Waals surface area (Å²) in [5, 5.41) is 18.5. The van der Waals surface area contributed by atoms with Gasteiger partial charge in [0.2, 0.25) is 0 Å². The molecule has 0 aliphatic heterocycles. The molecule has 0 heterocycles. The van der Waals surface area contributed by atoms with E-state index in [1.165, 1.54) is 11.1 Å². The van der Waals surface area contributed by atoms with Crippen molar-refractivity contribution in [2.75, 3.05) is 24.7 Å². The lowest BCUT2D eigenvalue weighted by Crippen LogP contribution is -2.22. The number of thioether (sulfide) groups is 2. The number of hydrogen-bond acceptors (Lipinski definition) is 4. The van der Waals surface area contributed by atoms with Gasteiger partial charge in [-0.2, -0.15) is 0 Å². The van der Waals surface area contributed by atoms with Gasteiger partial charge in [-0.15, -0.1) is 23.5 Å². The SMILES string of the molecule is OCCSC(SCCO)(c1ccccc1)c1ccccc1. The van der Waals surface area contributed by atoms with Crippen molar-refractivity contribution < 1.29 is 10.2 Å². The van der Waals surface area contributed by atoms with E-state index in [0.29, 0.717) is 11.5 Å². The third kappa shape index (κ3) is 4.04. The minimum atomic E-state index is -0.298. The van der Waals surface area contributed by atoms with E-state index in [1.807, 2.05) is 36.4 Å². The van der Waals surface area contributed by atoms with Crippen LogP contribution in [0.2, 0.25) is 0 Å². The molecular formula is C17H20O2S2. The Hall–Kier alpha value is -0.940. The van der Waals surface area contributed by atoms with Crippen LogP contribution >= 0.6 is 23.5 Å². The summed E-state index contributed by atoms with van der Waals surface area (Å²) in [6, 6.07) is 20.6. The number of aliphatic hydroxyl groups is 2. The second kappa shape index (κ2) is 8.49. The number of benzene rings is 2. The van der Waals surface area contributed by atoms with Gasteiger partial charge in [0.05, 0.1) is 13.2 Å². The lowest BCUT2D eigenvalue weighted by Gasteiger charge is -2.34. The third-order valence-electron chi connectivity index (χ3n) is 3.10. The minimum Gasteiger partial charge on any atom is -0.396 e. The van der Waals surface area contributed by atoms with Crippen LogP contribution in [0, 0.1) is 0 Å². The molecule has 0 bridgehead atoms. The van der Waals surface area contributed by atoms with Crippen molar-refractivity contribution in [3.8, 4) is 0 Å². The molecule has 112 valence electrons. The van der Waals surface area contributed by atoms with Gasteiger partial charge in [0.15, 0.2) is 0 Å². The van der Waals surface area contributed by atoms with Crippen molar-refractivity contribution in [3.05, 3.63) is 71.8 Å². The molecule has 0 spiro atoms. The van der Waals surface area contributed by atoms with Crippen LogP contribution in [-0.2, 0) is 4.08 Å². The molecule has 0 amide bonds. The van der Waals surface area contributed by atoms with Crippen LogP contribution < -0.4 is 0 Å². The molecule has 2 nitrogen and oxygen atoms in total. The van der Waals surface area contributed by atoms with Gasteiger partial charge in [0.1, 0.15) is 4.08 Å². The molecule has 2 aromatic rings. The molecule has 0 saturated carbocycles. The van der Waals surface area contributed by atoms with Crippen LogP contribution in [0.5, 0.6) is 0 Å². The molecule has 2 rings (SSSR count). The summed E-state index contributed by atoms with van der Waals surface area (Å²) in [5.41, 5.74) is 2.38. The van der Waals surface area contributed by atoms with Crippen LogP contribution in [0.3, 0.4) is 0 Å². The molecule has 0 radical (unpaired) electrons. The highest BCUT2D eigenvalue weighted by Crippen LogP contribution is 2.51. The Morgan fingerprint density at radius 1 is 0.667 bits per heavy atom. The molecule has 0 aliphatic carbocycles. The van der Waals surface area contributed by atoms with Gasteiger partial charge in [-0.05, 0) is 11.1 Å². The predicted octanol–water partition coefficient (Wildman–Crippen LogP) is 3.34. The van der Waals surface area contributed by atoms with E-state index < -0.39 is 0 Å². The van der Waals surface area contributed by atoms with E-state index in [0.717, 1.165) is 0 Å². The average molecular weight is 320 g/mol. The second-order valence-corrected chi connectivity index (χ2v) is 7.37. The van der Waals surface area contributed by atoms with Crippen LogP contribution in [-0.4, -0.2) is 34.9 Å². The number of aliphatic hydroxyl groups excluding tert-OH is 2. The maximum absolute atomic E-state index is 9.27. The maximum atomic E-state index is 9.27. The van der Waals surface area contributed by atoms with Crippen molar-refractivity contribution in [1.29, 1.82) is 0 Å². The van der Waals surface area contributed by atoms with E-state index in [9.17, 15) is 10.2 Å². The molecule has 0 fully saturated rings. The summed E-state index contributed by atoms with van der Waals surface area (Å²) in [6.45, 7) is 0.289. The Morgan fingerprint density at radius 2 is 1.05 bits per heavy atom. The molecule has 0 aromatic heterocycles. The van der Waals surface area contributed by atoms with E-state index in [4.69, 9.17) is 0 Å². The summed E-state index contributed by atoms with van der Waals surface area (Å²) in [4.78, 5) is 0. The first-order valence-corrected chi connectivity index (χ1v) is 8.91. The highest BCUT2D eigenvalue weighted by molar-refractivity contribution is 8.17. The van der Waals surface area contributed by atoms with Crippen molar-refractivity contribution in [3.63, 3.8) is 0 Å². The standard InChI is InChI=1S/C17H20O2S2/c18-11-13-20-17(21-14-12-19,15-7-3-1-4-8-15)16-9-5-2-6-10-16/h1-10,18-19H,11-14H2. The highest BCUT2D eigenvalue weighted by Gasteiger charge is 2.34. The quantitative estimate of drug-likeness (QED) is 0.732. The summed E-state index contributed by atoms with van der Waals surface area (Å²) in [6.07, 6.45) is 0. The molecule has 2 aromatic carbocycles. The molecule has 0 aliphatic rings. The summed E-state index contributed by atoms with van der Waals surface area (Å²) >= 11 is 3.43. The zero-order chi connectivity index (χ0) is 15.0. The summed E-state index contributed by atoms with van der Waals surface area (Å²) in [5.74, 6) is 1.31. The van der Waals surface area contributed by atoms with E-state index >= 15 is 0 Å². The number of rotatable bonds is 8. The van der Waals surface area contributed by atoms with Gasteiger partial charge in [-0.3, -0.25) is 0 Å². The Bertz CT molecular complexity index is 467. The lowest BCUT2D eigenvalue weighted by atomic mass is 10.0. The fraction of sp³-hybridized carbons (Fsp3) is 0.294. The molecular weight excluding hydrogens is 300 g/mol. The topological polar surface area (TPSA) is 40.5 Å². The van der Waals surface area contributed by atoms with Crippen LogP contribution in [0.15, 0.2) is 60.7 Å². The highest BCUT2D eigenvalue weighted by atomic mass is 32.2. The molecule has 21 heavy (non-hydrogen) atoms. The van der Waals surface area contributed by atoms with E-state index in [2.05, 4.69) is 24.3 Å². The number of hydrogen-bond donors (Lipinski definition) is 2. The molecule has 4 heteroatoms. The molecule has 2 N–H and O–H groups in total. The zero-order valence-corrected chi connectivity index (χ0v) is 13.4. The first-order valence-electron chi connectivity index (χ1n) is 6.94. The Kier molecular flexibility index (Phi) is 6.64. The Labute approximate surface area is 134 Å².